The fourth-order valence-electron chi connectivity index (χ4n) is 5.20. The Morgan fingerprint density at radius 1 is 1.23 bits per heavy atom. The molecule has 3 atom stereocenters. The summed E-state index contributed by atoms with van der Waals surface area (Å²) in [5.74, 6) is 0.827. The lowest BCUT2D eigenvalue weighted by molar-refractivity contribution is -0.105. The number of benzene rings is 2. The van der Waals surface area contributed by atoms with Gasteiger partial charge in [0.2, 0.25) is 6.41 Å². The highest BCUT2D eigenvalue weighted by Gasteiger charge is 2.45. The largest absolute Gasteiger partial charge is 0.381 e. The van der Waals surface area contributed by atoms with E-state index in [1.54, 1.807) is 24.3 Å². The molecule has 3 N–H and O–H groups in total. The van der Waals surface area contributed by atoms with Crippen LogP contribution in [0.3, 0.4) is 0 Å². The van der Waals surface area contributed by atoms with Gasteiger partial charge in [0.1, 0.15) is 0 Å². The van der Waals surface area contributed by atoms with Gasteiger partial charge >= 0.3 is 0 Å². The Labute approximate surface area is 183 Å². The maximum Gasteiger partial charge on any atom is 0.251 e. The molecular formula is C25H28N4O2. The SMILES string of the molecule is CC(C)(CNC(=O)c1ccc(NC=O)cc1)[C@H]1Nc2ccc(C#N)cc2[C@H]2CCC[C@H]21. The summed E-state index contributed by atoms with van der Waals surface area (Å²) < 4.78 is 0. The number of nitrogens with one attached hydrogen (secondary N) is 3. The fraction of sp³-hybridized carbons (Fsp3) is 0.400. The second-order valence-electron chi connectivity index (χ2n) is 9.25. The van der Waals surface area contributed by atoms with Crippen LogP contribution in [-0.4, -0.2) is 24.9 Å². The summed E-state index contributed by atoms with van der Waals surface area (Å²) in [5.41, 5.74) is 4.16. The number of carbonyl (C=O) groups is 2. The molecule has 2 aromatic rings. The highest BCUT2D eigenvalue weighted by molar-refractivity contribution is 5.94. The smallest absolute Gasteiger partial charge is 0.251 e. The van der Waals surface area contributed by atoms with Gasteiger partial charge < -0.3 is 16.0 Å². The number of carbonyl (C=O) groups excluding carboxylic acids is 2. The first kappa shape index (κ1) is 20.9. The average Bonchev–Trinajstić information content (AvgIpc) is 3.27. The van der Waals surface area contributed by atoms with Crippen molar-refractivity contribution >= 4 is 23.7 Å². The number of nitriles is 1. The predicted molar refractivity (Wildman–Crippen MR) is 121 cm³/mol. The highest BCUT2D eigenvalue weighted by Crippen LogP contribution is 2.51. The van der Waals surface area contributed by atoms with Crippen LogP contribution >= 0.6 is 0 Å². The molecule has 0 unspecified atom stereocenters. The first-order chi connectivity index (χ1) is 14.9. The summed E-state index contributed by atoms with van der Waals surface area (Å²) in [4.78, 5) is 23.2. The van der Waals surface area contributed by atoms with Crippen molar-refractivity contribution in [2.24, 2.45) is 11.3 Å². The standard InChI is InChI=1S/C25H28N4O2/c1-25(2,14-27-24(31)17-7-9-18(10-8-17)28-15-30)23-20-5-3-4-19(20)21-12-16(13-26)6-11-22(21)29-23/h6-12,15,19-20,23,29H,3-5,14H2,1-2H3,(H,27,31)(H,28,30)/t19-,20+,23-/m0/s1. The van der Waals surface area contributed by atoms with Gasteiger partial charge in [-0.1, -0.05) is 20.3 Å². The second-order valence-corrected chi connectivity index (χ2v) is 9.25. The van der Waals surface area contributed by atoms with Crippen molar-refractivity contribution in [3.8, 4) is 6.07 Å². The van der Waals surface area contributed by atoms with Gasteiger partial charge in [0.25, 0.3) is 5.91 Å². The van der Waals surface area contributed by atoms with E-state index in [-0.39, 0.29) is 17.4 Å². The minimum absolute atomic E-state index is 0.122. The molecule has 4 rings (SSSR count). The van der Waals surface area contributed by atoms with Gasteiger partial charge in [0.15, 0.2) is 0 Å². The summed E-state index contributed by atoms with van der Waals surface area (Å²) in [6.45, 7) is 4.95. The second kappa shape index (κ2) is 8.43. The fourth-order valence-corrected chi connectivity index (χ4v) is 5.20. The maximum absolute atomic E-state index is 12.7. The molecule has 0 aromatic heterocycles. The lowest BCUT2D eigenvalue weighted by Gasteiger charge is -2.45. The van der Waals surface area contributed by atoms with Gasteiger partial charge in [0, 0.05) is 34.9 Å². The molecule has 1 aliphatic heterocycles. The number of anilines is 2. The zero-order valence-electron chi connectivity index (χ0n) is 17.9. The molecule has 2 amide bonds. The van der Waals surface area contributed by atoms with Gasteiger partial charge in [0.05, 0.1) is 11.6 Å². The summed E-state index contributed by atoms with van der Waals surface area (Å²) in [6.07, 6.45) is 4.10. The topological polar surface area (TPSA) is 94.0 Å². The van der Waals surface area contributed by atoms with E-state index in [2.05, 4.69) is 35.9 Å². The molecule has 1 fully saturated rings. The van der Waals surface area contributed by atoms with Crippen LogP contribution in [0.5, 0.6) is 0 Å². The molecule has 1 aliphatic carbocycles. The zero-order valence-corrected chi connectivity index (χ0v) is 17.9. The van der Waals surface area contributed by atoms with E-state index in [0.717, 1.165) is 18.5 Å². The van der Waals surface area contributed by atoms with Crippen molar-refractivity contribution in [2.75, 3.05) is 17.2 Å². The predicted octanol–water partition coefficient (Wildman–Crippen LogP) is 4.26. The van der Waals surface area contributed by atoms with Crippen LogP contribution in [-0.2, 0) is 4.79 Å². The molecule has 6 heteroatoms. The van der Waals surface area contributed by atoms with Crippen LogP contribution in [0.1, 0.15) is 60.5 Å². The maximum atomic E-state index is 12.7. The molecule has 2 aliphatic rings. The molecule has 2 aromatic carbocycles. The van der Waals surface area contributed by atoms with Crippen molar-refractivity contribution in [2.45, 2.75) is 45.1 Å². The number of hydrogen-bond donors (Lipinski definition) is 3. The summed E-state index contributed by atoms with van der Waals surface area (Å²) >= 11 is 0. The van der Waals surface area contributed by atoms with Crippen molar-refractivity contribution in [3.63, 3.8) is 0 Å². The van der Waals surface area contributed by atoms with Crippen LogP contribution in [0.15, 0.2) is 42.5 Å². The third-order valence-corrected chi connectivity index (χ3v) is 6.81. The van der Waals surface area contributed by atoms with E-state index in [4.69, 9.17) is 0 Å². The van der Waals surface area contributed by atoms with E-state index < -0.39 is 0 Å². The zero-order chi connectivity index (χ0) is 22.0. The Morgan fingerprint density at radius 2 is 2.00 bits per heavy atom. The Bertz CT molecular complexity index is 1020. The Balaban J connectivity index is 1.48. The monoisotopic (exact) mass is 416 g/mol. The van der Waals surface area contributed by atoms with Gasteiger partial charge in [-0.2, -0.15) is 5.26 Å². The van der Waals surface area contributed by atoms with Gasteiger partial charge in [-0.15, -0.1) is 0 Å². The summed E-state index contributed by atoms with van der Waals surface area (Å²) in [5, 5.41) is 18.7. The summed E-state index contributed by atoms with van der Waals surface area (Å²) in [6, 6.07) is 15.3. The third-order valence-electron chi connectivity index (χ3n) is 6.81. The molecular weight excluding hydrogens is 388 g/mol. The molecule has 0 spiro atoms. The number of amides is 2. The Hall–Kier alpha value is -3.33. The number of rotatable bonds is 6. The minimum atomic E-state index is -0.159. The number of hydrogen-bond acceptors (Lipinski definition) is 4. The first-order valence-corrected chi connectivity index (χ1v) is 10.8. The Morgan fingerprint density at radius 3 is 2.71 bits per heavy atom. The summed E-state index contributed by atoms with van der Waals surface area (Å²) in [7, 11) is 0. The van der Waals surface area contributed by atoms with Crippen LogP contribution in [0.2, 0.25) is 0 Å². The number of fused-ring (bicyclic) bond motifs is 3. The average molecular weight is 417 g/mol. The lowest BCUT2D eigenvalue weighted by Crippen LogP contribution is -2.51. The number of nitrogens with zero attached hydrogens (tertiary/aromatic N) is 1. The van der Waals surface area contributed by atoms with Crippen molar-refractivity contribution in [3.05, 3.63) is 59.2 Å². The van der Waals surface area contributed by atoms with Gasteiger partial charge in [-0.3, -0.25) is 9.59 Å². The van der Waals surface area contributed by atoms with Crippen molar-refractivity contribution in [1.29, 1.82) is 5.26 Å². The third kappa shape index (κ3) is 4.13. The minimum Gasteiger partial charge on any atom is -0.381 e. The molecule has 31 heavy (non-hydrogen) atoms. The first-order valence-electron chi connectivity index (χ1n) is 10.8. The van der Waals surface area contributed by atoms with Crippen LogP contribution < -0.4 is 16.0 Å². The molecule has 6 nitrogen and oxygen atoms in total. The van der Waals surface area contributed by atoms with Crippen LogP contribution in [0.4, 0.5) is 11.4 Å². The van der Waals surface area contributed by atoms with Gasteiger partial charge in [-0.05, 0) is 72.7 Å². The van der Waals surface area contributed by atoms with E-state index in [1.807, 2.05) is 18.2 Å². The van der Waals surface area contributed by atoms with E-state index in [9.17, 15) is 14.9 Å². The highest BCUT2D eigenvalue weighted by atomic mass is 16.1. The quantitative estimate of drug-likeness (QED) is 0.613. The van der Waals surface area contributed by atoms with Crippen LogP contribution in [0.25, 0.3) is 0 Å². The normalized spacial score (nSPS) is 21.8. The van der Waals surface area contributed by atoms with E-state index in [1.165, 1.54) is 12.0 Å². The van der Waals surface area contributed by atoms with Crippen molar-refractivity contribution in [1.82, 2.24) is 5.32 Å². The molecule has 0 radical (unpaired) electrons. The van der Waals surface area contributed by atoms with E-state index >= 15 is 0 Å². The molecule has 0 saturated heterocycles. The van der Waals surface area contributed by atoms with Gasteiger partial charge in [-0.25, -0.2) is 0 Å². The Kier molecular flexibility index (Phi) is 5.69. The molecule has 160 valence electrons. The van der Waals surface area contributed by atoms with Crippen LogP contribution in [0, 0.1) is 22.7 Å². The molecule has 0 bridgehead atoms. The lowest BCUT2D eigenvalue weighted by atomic mass is 9.69. The van der Waals surface area contributed by atoms with E-state index in [0.29, 0.717) is 41.6 Å². The molecule has 1 saturated carbocycles. The van der Waals surface area contributed by atoms with Crippen molar-refractivity contribution < 1.29 is 9.59 Å². The molecule has 1 heterocycles.